The van der Waals surface area contributed by atoms with Crippen LogP contribution >= 0.6 is 11.6 Å². The summed E-state index contributed by atoms with van der Waals surface area (Å²) >= 11 is 5.96. The van der Waals surface area contributed by atoms with Gasteiger partial charge in [0, 0.05) is 36.1 Å². The average Bonchev–Trinajstić information content (AvgIpc) is 3.37. The highest BCUT2D eigenvalue weighted by Crippen LogP contribution is 2.39. The summed E-state index contributed by atoms with van der Waals surface area (Å²) in [7, 11) is 0. The van der Waals surface area contributed by atoms with Gasteiger partial charge in [-0.2, -0.15) is 0 Å². The first-order valence-electron chi connectivity index (χ1n) is 10.0. The van der Waals surface area contributed by atoms with E-state index in [1.165, 1.54) is 0 Å². The smallest absolute Gasteiger partial charge is 0.295 e. The fourth-order valence-corrected chi connectivity index (χ4v) is 3.94. The van der Waals surface area contributed by atoms with Crippen molar-refractivity contribution in [3.8, 4) is 0 Å². The largest absolute Gasteiger partial charge is 0.507 e. The van der Waals surface area contributed by atoms with Crippen LogP contribution in [0.15, 0.2) is 72.8 Å². The number of aliphatic hydroxyl groups is 1. The molecule has 0 unspecified atom stereocenters. The third-order valence-corrected chi connectivity index (χ3v) is 5.68. The maximum absolute atomic E-state index is 13.0. The molecule has 158 valence electrons. The molecule has 4 rings (SSSR count). The monoisotopic (exact) mass is 435 g/mol. The van der Waals surface area contributed by atoms with Crippen LogP contribution in [0.4, 0.5) is 0 Å². The lowest BCUT2D eigenvalue weighted by Crippen LogP contribution is -2.31. The lowest BCUT2D eigenvalue weighted by molar-refractivity contribution is -0.139. The standard InChI is InChI=1S/C24H22ClN3O3/c1-16-3-5-17(6-4-16)21-20(22(29)18-7-9-19(25)10-8-18)23(30)24(31)28(21)13-2-12-27-14-11-26-15-27/h3-11,14-15,21,29H,2,12-13H2,1H3/t21-/m1/s1. The van der Waals surface area contributed by atoms with Crippen LogP contribution in [0.3, 0.4) is 0 Å². The molecule has 6 nitrogen and oxygen atoms in total. The number of benzene rings is 2. The molecule has 1 aliphatic rings. The number of halogens is 1. The zero-order valence-corrected chi connectivity index (χ0v) is 17.8. The summed E-state index contributed by atoms with van der Waals surface area (Å²) < 4.78 is 1.92. The second kappa shape index (κ2) is 8.78. The molecule has 3 aromatic rings. The summed E-state index contributed by atoms with van der Waals surface area (Å²) in [5.74, 6) is -1.48. The van der Waals surface area contributed by atoms with Gasteiger partial charge in [-0.05, 0) is 43.2 Å². The first-order valence-corrected chi connectivity index (χ1v) is 10.4. The molecule has 0 aliphatic carbocycles. The fourth-order valence-electron chi connectivity index (χ4n) is 3.81. The molecule has 1 N–H and O–H groups in total. The van der Waals surface area contributed by atoms with E-state index in [4.69, 9.17) is 11.6 Å². The number of carbonyl (C=O) groups excluding carboxylic acids is 2. The first kappa shape index (κ1) is 20.9. The molecule has 1 atom stereocenters. The van der Waals surface area contributed by atoms with E-state index < -0.39 is 17.7 Å². The Morgan fingerprint density at radius 1 is 1.06 bits per heavy atom. The number of aliphatic hydroxyl groups excluding tert-OH is 1. The van der Waals surface area contributed by atoms with Gasteiger partial charge in [0.05, 0.1) is 17.9 Å². The minimum absolute atomic E-state index is 0.0961. The summed E-state index contributed by atoms with van der Waals surface area (Å²) in [6.07, 6.45) is 5.91. The number of rotatable bonds is 6. The van der Waals surface area contributed by atoms with E-state index >= 15 is 0 Å². The Bertz CT molecular complexity index is 1120. The van der Waals surface area contributed by atoms with E-state index in [-0.39, 0.29) is 11.3 Å². The van der Waals surface area contributed by atoms with Crippen molar-refractivity contribution in [3.05, 3.63) is 94.5 Å². The highest BCUT2D eigenvalue weighted by molar-refractivity contribution is 6.46. The van der Waals surface area contributed by atoms with Gasteiger partial charge in [-0.25, -0.2) is 4.98 Å². The Labute approximate surface area is 185 Å². The summed E-state index contributed by atoms with van der Waals surface area (Å²) in [4.78, 5) is 31.5. The number of carbonyl (C=O) groups is 2. The quantitative estimate of drug-likeness (QED) is 0.354. The van der Waals surface area contributed by atoms with Crippen molar-refractivity contribution in [1.29, 1.82) is 0 Å². The molecule has 31 heavy (non-hydrogen) atoms. The molecule has 0 spiro atoms. The fraction of sp³-hybridized carbons (Fsp3) is 0.208. The third-order valence-electron chi connectivity index (χ3n) is 5.43. The number of Topliss-reactive ketones (excluding diaryl/α,β-unsaturated/α-hetero) is 1. The number of hydrogen-bond acceptors (Lipinski definition) is 4. The van der Waals surface area contributed by atoms with Gasteiger partial charge in [0.1, 0.15) is 5.76 Å². The van der Waals surface area contributed by atoms with Crippen molar-refractivity contribution in [2.75, 3.05) is 6.54 Å². The van der Waals surface area contributed by atoms with E-state index in [9.17, 15) is 14.7 Å². The van der Waals surface area contributed by atoms with Crippen LogP contribution in [0, 0.1) is 6.92 Å². The molecule has 0 radical (unpaired) electrons. The van der Waals surface area contributed by atoms with Gasteiger partial charge in [0.15, 0.2) is 0 Å². The van der Waals surface area contributed by atoms with E-state index in [0.29, 0.717) is 30.1 Å². The normalized spacial score (nSPS) is 18.0. The minimum Gasteiger partial charge on any atom is -0.507 e. The molecular formula is C24H22ClN3O3. The first-order chi connectivity index (χ1) is 15.0. The number of imidazole rings is 1. The van der Waals surface area contributed by atoms with E-state index in [0.717, 1.165) is 11.1 Å². The van der Waals surface area contributed by atoms with Crippen LogP contribution in [0.2, 0.25) is 5.02 Å². The molecule has 0 bridgehead atoms. The van der Waals surface area contributed by atoms with Crippen LogP contribution in [-0.2, 0) is 16.1 Å². The number of ketones is 1. The average molecular weight is 436 g/mol. The second-order valence-electron chi connectivity index (χ2n) is 7.56. The van der Waals surface area contributed by atoms with Gasteiger partial charge in [0.2, 0.25) is 0 Å². The Kier molecular flexibility index (Phi) is 5.91. The van der Waals surface area contributed by atoms with Crippen LogP contribution in [0.25, 0.3) is 5.76 Å². The van der Waals surface area contributed by atoms with Crippen molar-refractivity contribution in [2.45, 2.75) is 25.9 Å². The summed E-state index contributed by atoms with van der Waals surface area (Å²) in [5.41, 5.74) is 2.39. The molecule has 7 heteroatoms. The van der Waals surface area contributed by atoms with Gasteiger partial charge in [0.25, 0.3) is 11.7 Å². The van der Waals surface area contributed by atoms with E-state index in [1.54, 1.807) is 41.7 Å². The molecule has 0 saturated carbocycles. The van der Waals surface area contributed by atoms with E-state index in [2.05, 4.69) is 4.98 Å². The summed E-state index contributed by atoms with van der Waals surface area (Å²) in [5, 5.41) is 11.5. The van der Waals surface area contributed by atoms with Gasteiger partial charge in [-0.1, -0.05) is 41.4 Å². The van der Waals surface area contributed by atoms with Crippen molar-refractivity contribution in [1.82, 2.24) is 14.5 Å². The number of hydrogen-bond donors (Lipinski definition) is 1. The maximum Gasteiger partial charge on any atom is 0.295 e. The second-order valence-corrected chi connectivity index (χ2v) is 8.00. The Hall–Kier alpha value is -3.38. The Balaban J connectivity index is 1.72. The SMILES string of the molecule is Cc1ccc([C@@H]2C(=C(O)c3ccc(Cl)cc3)C(=O)C(=O)N2CCCn2ccnc2)cc1. The lowest BCUT2D eigenvalue weighted by Gasteiger charge is -2.25. The number of aromatic nitrogens is 2. The van der Waals surface area contributed by atoms with Crippen molar-refractivity contribution in [3.63, 3.8) is 0 Å². The van der Waals surface area contributed by atoms with Gasteiger partial charge in [-0.15, -0.1) is 0 Å². The number of amides is 1. The minimum atomic E-state index is -0.680. The van der Waals surface area contributed by atoms with Crippen molar-refractivity contribution < 1.29 is 14.7 Å². The molecule has 1 fully saturated rings. The highest BCUT2D eigenvalue weighted by Gasteiger charge is 2.45. The predicted molar refractivity (Wildman–Crippen MR) is 118 cm³/mol. The van der Waals surface area contributed by atoms with Crippen LogP contribution in [-0.4, -0.2) is 37.8 Å². The Morgan fingerprint density at radius 2 is 1.77 bits per heavy atom. The maximum atomic E-state index is 13.0. The zero-order chi connectivity index (χ0) is 22.0. The molecule has 1 saturated heterocycles. The predicted octanol–water partition coefficient (Wildman–Crippen LogP) is 4.36. The van der Waals surface area contributed by atoms with Gasteiger partial charge < -0.3 is 14.6 Å². The molecule has 1 aromatic heterocycles. The molecule has 2 aromatic carbocycles. The van der Waals surface area contributed by atoms with Crippen LogP contribution in [0.5, 0.6) is 0 Å². The number of aryl methyl sites for hydroxylation is 2. The van der Waals surface area contributed by atoms with Crippen LogP contribution in [0.1, 0.15) is 29.2 Å². The molecule has 1 amide bonds. The summed E-state index contributed by atoms with van der Waals surface area (Å²) in [6.45, 7) is 3.01. The summed E-state index contributed by atoms with van der Waals surface area (Å²) in [6, 6.07) is 13.5. The zero-order valence-electron chi connectivity index (χ0n) is 17.0. The van der Waals surface area contributed by atoms with E-state index in [1.807, 2.05) is 42.0 Å². The van der Waals surface area contributed by atoms with Gasteiger partial charge in [-0.3, -0.25) is 9.59 Å². The number of nitrogens with zero attached hydrogens (tertiary/aromatic N) is 3. The highest BCUT2D eigenvalue weighted by atomic mass is 35.5. The molecule has 1 aliphatic heterocycles. The molecule has 2 heterocycles. The third kappa shape index (κ3) is 4.25. The lowest BCUT2D eigenvalue weighted by atomic mass is 9.94. The Morgan fingerprint density at radius 3 is 2.42 bits per heavy atom. The van der Waals surface area contributed by atoms with Crippen molar-refractivity contribution >= 4 is 29.1 Å². The topological polar surface area (TPSA) is 75.4 Å². The van der Waals surface area contributed by atoms with Gasteiger partial charge >= 0.3 is 0 Å². The number of likely N-dealkylation sites (tertiary alicyclic amines) is 1. The molecular weight excluding hydrogens is 414 g/mol. The van der Waals surface area contributed by atoms with Crippen LogP contribution < -0.4 is 0 Å². The van der Waals surface area contributed by atoms with Crippen molar-refractivity contribution in [2.24, 2.45) is 0 Å².